The summed E-state index contributed by atoms with van der Waals surface area (Å²) in [6.07, 6.45) is 10.6. The van der Waals surface area contributed by atoms with Crippen LogP contribution in [0.2, 0.25) is 18.1 Å². The van der Waals surface area contributed by atoms with E-state index in [2.05, 4.69) is 61.6 Å². The highest BCUT2D eigenvalue weighted by Gasteiger charge is 2.42. The van der Waals surface area contributed by atoms with E-state index < -0.39 is 20.2 Å². The van der Waals surface area contributed by atoms with E-state index in [4.69, 9.17) is 14.3 Å². The lowest BCUT2D eigenvalue weighted by atomic mass is 9.92. The second-order valence-electron chi connectivity index (χ2n) is 12.6. The lowest BCUT2D eigenvalue weighted by Gasteiger charge is -2.43. The van der Waals surface area contributed by atoms with Crippen molar-refractivity contribution in [2.24, 2.45) is 0 Å². The Hall–Kier alpha value is -3.55. The first-order chi connectivity index (χ1) is 19.4. The van der Waals surface area contributed by atoms with Gasteiger partial charge >= 0.3 is 0 Å². The molecule has 0 N–H and O–H groups in total. The molecule has 8 nitrogen and oxygen atoms in total. The average molecular weight is 575 g/mol. The summed E-state index contributed by atoms with van der Waals surface area (Å²) in [5, 5.41) is 19.2. The Balaban J connectivity index is 1.51. The van der Waals surface area contributed by atoms with Crippen LogP contribution in [0.15, 0.2) is 43.0 Å². The SMILES string of the molecule is Cc1c(-c2cc(O[C@H](C)c3ccc(F)cn3)c3c(C#N)cnn3c2)cnn1C1CCCCC1O[Si](C)(C)C(C)(C)C. The second kappa shape index (κ2) is 11.0. The zero-order valence-corrected chi connectivity index (χ0v) is 26.0. The number of rotatable bonds is 7. The summed E-state index contributed by atoms with van der Waals surface area (Å²) in [5.74, 6) is 0.0921. The number of hydrogen-bond acceptors (Lipinski definition) is 6. The minimum Gasteiger partial charge on any atom is -0.482 e. The van der Waals surface area contributed by atoms with Crippen LogP contribution in [0.25, 0.3) is 16.6 Å². The Kier molecular flexibility index (Phi) is 7.79. The van der Waals surface area contributed by atoms with Crippen molar-refractivity contribution in [2.75, 3.05) is 0 Å². The first-order valence-corrected chi connectivity index (χ1v) is 17.2. The van der Waals surface area contributed by atoms with E-state index in [1.165, 1.54) is 24.9 Å². The van der Waals surface area contributed by atoms with Crippen molar-refractivity contribution in [1.29, 1.82) is 5.26 Å². The van der Waals surface area contributed by atoms with Gasteiger partial charge in [-0.1, -0.05) is 33.6 Å². The fourth-order valence-electron chi connectivity index (χ4n) is 5.37. The summed E-state index contributed by atoms with van der Waals surface area (Å²) >= 11 is 0. The molecule has 0 aliphatic heterocycles. The van der Waals surface area contributed by atoms with E-state index in [1.54, 1.807) is 10.6 Å². The van der Waals surface area contributed by atoms with E-state index >= 15 is 0 Å². The van der Waals surface area contributed by atoms with Gasteiger partial charge in [0.25, 0.3) is 0 Å². The van der Waals surface area contributed by atoms with E-state index in [9.17, 15) is 9.65 Å². The number of fused-ring (bicyclic) bond motifs is 1. The Morgan fingerprint density at radius 1 is 1.12 bits per heavy atom. The van der Waals surface area contributed by atoms with Crippen LogP contribution >= 0.6 is 0 Å². The molecule has 216 valence electrons. The highest BCUT2D eigenvalue weighted by Crippen LogP contribution is 2.42. The summed E-state index contributed by atoms with van der Waals surface area (Å²) in [6.45, 7) is 15.4. The molecule has 1 fully saturated rings. The lowest BCUT2D eigenvalue weighted by Crippen LogP contribution is -2.47. The number of hydrogen-bond donors (Lipinski definition) is 0. The summed E-state index contributed by atoms with van der Waals surface area (Å²) in [7, 11) is -1.95. The quantitative estimate of drug-likeness (QED) is 0.212. The Bertz CT molecular complexity index is 1580. The molecule has 3 atom stereocenters. The van der Waals surface area contributed by atoms with Crippen molar-refractivity contribution < 1.29 is 13.6 Å². The predicted octanol–water partition coefficient (Wildman–Crippen LogP) is 7.56. The van der Waals surface area contributed by atoms with Crippen molar-refractivity contribution in [3.63, 3.8) is 0 Å². The molecule has 0 radical (unpaired) electrons. The largest absolute Gasteiger partial charge is 0.482 e. The molecule has 0 saturated heterocycles. The number of nitriles is 1. The number of aromatic nitrogens is 5. The van der Waals surface area contributed by atoms with Gasteiger partial charge in [0.05, 0.1) is 36.4 Å². The highest BCUT2D eigenvalue weighted by atomic mass is 28.4. The first-order valence-electron chi connectivity index (χ1n) is 14.3. The molecule has 10 heteroatoms. The molecular weight excluding hydrogens is 535 g/mol. The number of halogens is 1. The van der Waals surface area contributed by atoms with Gasteiger partial charge in [-0.15, -0.1) is 0 Å². The van der Waals surface area contributed by atoms with E-state index in [-0.39, 0.29) is 17.2 Å². The van der Waals surface area contributed by atoms with Gasteiger partial charge < -0.3 is 9.16 Å². The Morgan fingerprint density at radius 2 is 1.88 bits per heavy atom. The smallest absolute Gasteiger partial charge is 0.192 e. The molecule has 4 aromatic rings. The molecule has 0 spiro atoms. The van der Waals surface area contributed by atoms with Gasteiger partial charge in [-0.25, -0.2) is 8.91 Å². The number of ether oxygens (including phenoxy) is 1. The maximum Gasteiger partial charge on any atom is 0.192 e. The van der Waals surface area contributed by atoms with Crippen molar-refractivity contribution in [3.8, 4) is 22.9 Å². The topological polar surface area (TPSA) is 90.3 Å². The maximum absolute atomic E-state index is 13.4. The lowest BCUT2D eigenvalue weighted by molar-refractivity contribution is 0.0772. The molecule has 0 bridgehead atoms. The van der Waals surface area contributed by atoms with Crippen molar-refractivity contribution in [2.45, 2.75) is 96.7 Å². The van der Waals surface area contributed by atoms with Crippen LogP contribution in [0.1, 0.15) is 82.5 Å². The minimum atomic E-state index is -1.95. The van der Waals surface area contributed by atoms with Gasteiger partial charge in [0, 0.05) is 23.0 Å². The van der Waals surface area contributed by atoms with E-state index in [0.29, 0.717) is 22.5 Å². The normalized spacial score (nSPS) is 18.8. The van der Waals surface area contributed by atoms with Crippen molar-refractivity contribution >= 4 is 13.8 Å². The summed E-state index contributed by atoms with van der Waals surface area (Å²) in [5.41, 5.74) is 4.46. The molecule has 4 aromatic heterocycles. The molecule has 41 heavy (non-hydrogen) atoms. The van der Waals surface area contributed by atoms with E-state index in [0.717, 1.165) is 36.1 Å². The number of nitrogens with zero attached hydrogens (tertiary/aromatic N) is 6. The van der Waals surface area contributed by atoms with Crippen LogP contribution in [0.5, 0.6) is 5.75 Å². The van der Waals surface area contributed by atoms with Gasteiger partial charge in [0.15, 0.2) is 8.32 Å². The van der Waals surface area contributed by atoms with Gasteiger partial charge in [-0.2, -0.15) is 15.5 Å². The average Bonchev–Trinajstić information content (AvgIpc) is 3.51. The molecule has 1 aliphatic carbocycles. The minimum absolute atomic E-state index is 0.130. The molecule has 0 amide bonds. The molecule has 0 aromatic carbocycles. The maximum atomic E-state index is 13.4. The third kappa shape index (κ3) is 5.66. The van der Waals surface area contributed by atoms with Crippen molar-refractivity contribution in [3.05, 3.63) is 65.8 Å². The Morgan fingerprint density at radius 3 is 2.56 bits per heavy atom. The zero-order valence-electron chi connectivity index (χ0n) is 25.0. The highest BCUT2D eigenvalue weighted by molar-refractivity contribution is 6.74. The van der Waals surface area contributed by atoms with Crippen LogP contribution < -0.4 is 4.74 Å². The van der Waals surface area contributed by atoms with Crippen LogP contribution in [0.4, 0.5) is 4.39 Å². The van der Waals surface area contributed by atoms with Gasteiger partial charge in [-0.3, -0.25) is 9.67 Å². The molecule has 5 rings (SSSR count). The molecule has 1 aliphatic rings. The van der Waals surface area contributed by atoms with Crippen LogP contribution in [0.3, 0.4) is 0 Å². The summed E-state index contributed by atoms with van der Waals surface area (Å²) in [4.78, 5) is 4.17. The first kappa shape index (κ1) is 29.0. The monoisotopic (exact) mass is 574 g/mol. The third-order valence-corrected chi connectivity index (χ3v) is 13.3. The Labute approximate surface area is 242 Å². The zero-order chi connectivity index (χ0) is 29.5. The van der Waals surface area contributed by atoms with Gasteiger partial charge in [-0.05, 0) is 63.0 Å². The molecule has 4 heterocycles. The van der Waals surface area contributed by atoms with Crippen molar-refractivity contribution in [1.82, 2.24) is 24.4 Å². The van der Waals surface area contributed by atoms with Crippen LogP contribution in [0, 0.1) is 24.1 Å². The van der Waals surface area contributed by atoms with Crippen LogP contribution in [-0.4, -0.2) is 38.8 Å². The second-order valence-corrected chi connectivity index (χ2v) is 17.3. The predicted molar refractivity (Wildman–Crippen MR) is 159 cm³/mol. The van der Waals surface area contributed by atoms with E-state index in [1.807, 2.05) is 25.4 Å². The number of pyridine rings is 2. The summed E-state index contributed by atoms with van der Waals surface area (Å²) in [6, 6.07) is 7.27. The molecular formula is C31H39FN6O2Si. The fraction of sp³-hybridized carbons (Fsp3) is 0.484. The molecule has 2 unspecified atom stereocenters. The van der Waals surface area contributed by atoms with Gasteiger partial charge in [0.1, 0.15) is 34.8 Å². The fourth-order valence-corrected chi connectivity index (χ4v) is 6.76. The molecule has 1 saturated carbocycles. The third-order valence-electron chi connectivity index (χ3n) is 8.76. The summed E-state index contributed by atoms with van der Waals surface area (Å²) < 4.78 is 30.6. The standard InChI is InChI=1S/C31H39FN6O2Si/c1-20-25(18-36-38(20)27-10-8-9-11-28(27)40-41(6,7)31(3,4)5)22-14-29(30-23(15-33)16-35-37(30)19-22)39-21(2)26-13-12-24(32)17-34-26/h12-14,16-19,21,27-28H,8-11H2,1-7H3/t21-,27?,28?/m1/s1. The van der Waals surface area contributed by atoms with Crippen LogP contribution in [-0.2, 0) is 4.43 Å². The van der Waals surface area contributed by atoms with Gasteiger partial charge in [0.2, 0.25) is 0 Å².